The zero-order valence-corrected chi connectivity index (χ0v) is 7.63. The predicted octanol–water partition coefficient (Wildman–Crippen LogP) is 0.636. The maximum absolute atomic E-state index is 9.03. The number of hydrogen-bond donors (Lipinski definition) is 2. The number of rotatable bonds is 6. The van der Waals surface area contributed by atoms with Crippen LogP contribution in [0.3, 0.4) is 0 Å². The number of nitrogens with one attached hydrogen (secondary N) is 1. The van der Waals surface area contributed by atoms with Crippen LogP contribution in [0.1, 0.15) is 27.2 Å². The van der Waals surface area contributed by atoms with Gasteiger partial charge in [0.1, 0.15) is 0 Å². The van der Waals surface area contributed by atoms with Crippen LogP contribution in [0.5, 0.6) is 0 Å². The molecule has 0 aliphatic heterocycles. The fourth-order valence-corrected chi connectivity index (χ4v) is 0.712. The van der Waals surface area contributed by atoms with Crippen LogP contribution in [0.2, 0.25) is 0 Å². The summed E-state index contributed by atoms with van der Waals surface area (Å²) in [5.74, 6) is 0.663. The molecule has 0 saturated heterocycles. The van der Waals surface area contributed by atoms with Gasteiger partial charge in [-0.05, 0) is 25.8 Å². The average Bonchev–Trinajstić information content (AvgIpc) is 1.87. The molecule has 0 radical (unpaired) electrons. The first-order valence-electron chi connectivity index (χ1n) is 4.19. The molecule has 0 atom stereocenters. The standard InChI is InChI=1S/C7H18BNO2/c1-4-11-8(10)9-6-5-7(2)3/h7,9-10H,4-6H2,1-3H3. The molecule has 0 aromatic rings. The van der Waals surface area contributed by atoms with Crippen molar-refractivity contribution >= 4 is 7.25 Å². The largest absolute Gasteiger partial charge is 0.551 e. The molecule has 0 aliphatic carbocycles. The molecule has 0 spiro atoms. The van der Waals surface area contributed by atoms with Gasteiger partial charge in [0.25, 0.3) is 0 Å². The summed E-state index contributed by atoms with van der Waals surface area (Å²) < 4.78 is 4.87. The second kappa shape index (κ2) is 6.64. The van der Waals surface area contributed by atoms with Gasteiger partial charge in [0, 0.05) is 6.61 Å². The molecule has 0 aromatic carbocycles. The van der Waals surface area contributed by atoms with E-state index >= 15 is 0 Å². The SMILES string of the molecule is CCOB(O)NCCC(C)C. The van der Waals surface area contributed by atoms with Crippen LogP contribution < -0.4 is 5.23 Å². The zero-order valence-electron chi connectivity index (χ0n) is 7.63. The Bertz CT molecular complexity index is 90.5. The summed E-state index contributed by atoms with van der Waals surface area (Å²) in [6.07, 6.45) is 1.06. The van der Waals surface area contributed by atoms with Crippen molar-refractivity contribution < 1.29 is 9.68 Å². The highest BCUT2D eigenvalue weighted by Crippen LogP contribution is 1.96. The molecule has 3 nitrogen and oxygen atoms in total. The Morgan fingerprint density at radius 2 is 2.18 bits per heavy atom. The van der Waals surface area contributed by atoms with Gasteiger partial charge in [0.15, 0.2) is 0 Å². The lowest BCUT2D eigenvalue weighted by molar-refractivity contribution is 0.262. The minimum Gasteiger partial charge on any atom is -0.413 e. The summed E-state index contributed by atoms with van der Waals surface area (Å²) in [5, 5.41) is 11.9. The smallest absolute Gasteiger partial charge is 0.413 e. The highest BCUT2D eigenvalue weighted by Gasteiger charge is 2.10. The lowest BCUT2D eigenvalue weighted by Crippen LogP contribution is -2.38. The first-order chi connectivity index (χ1) is 5.16. The summed E-state index contributed by atoms with van der Waals surface area (Å²) in [6, 6.07) is 0. The minimum atomic E-state index is -0.793. The second-order valence-electron chi connectivity index (χ2n) is 2.94. The van der Waals surface area contributed by atoms with Gasteiger partial charge in [0.05, 0.1) is 0 Å². The molecule has 2 N–H and O–H groups in total. The summed E-state index contributed by atoms with van der Waals surface area (Å²) in [7, 11) is -0.793. The van der Waals surface area contributed by atoms with E-state index in [0.717, 1.165) is 13.0 Å². The summed E-state index contributed by atoms with van der Waals surface area (Å²) in [6.45, 7) is 7.49. The van der Waals surface area contributed by atoms with E-state index in [4.69, 9.17) is 9.68 Å². The van der Waals surface area contributed by atoms with Crippen LogP contribution in [0.4, 0.5) is 0 Å². The zero-order chi connectivity index (χ0) is 8.69. The van der Waals surface area contributed by atoms with Crippen molar-refractivity contribution in [3.63, 3.8) is 0 Å². The Balaban J connectivity index is 3.10. The predicted molar refractivity (Wildman–Crippen MR) is 47.1 cm³/mol. The normalized spacial score (nSPS) is 10.6. The monoisotopic (exact) mass is 159 g/mol. The van der Waals surface area contributed by atoms with Crippen molar-refractivity contribution in [1.29, 1.82) is 0 Å². The van der Waals surface area contributed by atoms with Gasteiger partial charge in [-0.2, -0.15) is 0 Å². The van der Waals surface area contributed by atoms with Gasteiger partial charge >= 0.3 is 7.25 Å². The molecule has 66 valence electrons. The van der Waals surface area contributed by atoms with Gasteiger partial charge in [-0.25, -0.2) is 0 Å². The van der Waals surface area contributed by atoms with Crippen LogP contribution >= 0.6 is 0 Å². The van der Waals surface area contributed by atoms with E-state index in [1.54, 1.807) is 0 Å². The lowest BCUT2D eigenvalue weighted by atomic mass is 10.1. The highest BCUT2D eigenvalue weighted by atomic mass is 16.5. The first-order valence-corrected chi connectivity index (χ1v) is 4.19. The van der Waals surface area contributed by atoms with Crippen molar-refractivity contribution in [1.82, 2.24) is 5.23 Å². The van der Waals surface area contributed by atoms with Crippen molar-refractivity contribution in [2.45, 2.75) is 27.2 Å². The maximum atomic E-state index is 9.03. The van der Waals surface area contributed by atoms with Gasteiger partial charge < -0.3 is 14.9 Å². The third-order valence-corrected chi connectivity index (χ3v) is 1.37. The second-order valence-corrected chi connectivity index (χ2v) is 2.94. The molecule has 0 heterocycles. The van der Waals surface area contributed by atoms with Crippen LogP contribution in [0.25, 0.3) is 0 Å². The Hall–Kier alpha value is -0.0551. The molecule has 0 amide bonds. The fraction of sp³-hybridized carbons (Fsp3) is 1.00. The van der Waals surface area contributed by atoms with Crippen molar-refractivity contribution in [3.05, 3.63) is 0 Å². The first kappa shape index (κ1) is 10.9. The molecular weight excluding hydrogens is 141 g/mol. The Morgan fingerprint density at radius 1 is 1.55 bits per heavy atom. The van der Waals surface area contributed by atoms with E-state index in [1.807, 2.05) is 6.92 Å². The Labute approximate surface area is 69.3 Å². The Morgan fingerprint density at radius 3 is 2.64 bits per heavy atom. The maximum Gasteiger partial charge on any atom is 0.551 e. The van der Waals surface area contributed by atoms with E-state index in [0.29, 0.717) is 12.5 Å². The quantitative estimate of drug-likeness (QED) is 0.558. The lowest BCUT2D eigenvalue weighted by Gasteiger charge is -2.08. The van der Waals surface area contributed by atoms with Crippen molar-refractivity contribution in [2.24, 2.45) is 5.92 Å². The molecule has 11 heavy (non-hydrogen) atoms. The molecule has 4 heteroatoms. The molecule has 0 rings (SSSR count). The van der Waals surface area contributed by atoms with E-state index < -0.39 is 7.25 Å². The number of hydrogen-bond acceptors (Lipinski definition) is 3. The van der Waals surface area contributed by atoms with Gasteiger partial charge in [0.2, 0.25) is 0 Å². The van der Waals surface area contributed by atoms with Crippen LogP contribution in [0.15, 0.2) is 0 Å². The van der Waals surface area contributed by atoms with E-state index in [2.05, 4.69) is 19.1 Å². The van der Waals surface area contributed by atoms with E-state index in [9.17, 15) is 0 Å². The molecule has 0 bridgehead atoms. The van der Waals surface area contributed by atoms with Crippen LogP contribution in [0, 0.1) is 5.92 Å². The fourth-order valence-electron chi connectivity index (χ4n) is 0.712. The van der Waals surface area contributed by atoms with Crippen molar-refractivity contribution in [2.75, 3.05) is 13.2 Å². The molecule has 0 unspecified atom stereocenters. The molecular formula is C7H18BNO2. The Kier molecular flexibility index (Phi) is 6.61. The molecule has 0 aromatic heterocycles. The third kappa shape index (κ3) is 7.85. The van der Waals surface area contributed by atoms with Gasteiger partial charge in [-0.15, -0.1) is 0 Å². The van der Waals surface area contributed by atoms with Crippen LogP contribution in [-0.2, 0) is 4.65 Å². The summed E-state index contributed by atoms with van der Waals surface area (Å²) in [4.78, 5) is 0. The minimum absolute atomic E-state index is 0.538. The van der Waals surface area contributed by atoms with E-state index in [-0.39, 0.29) is 0 Å². The van der Waals surface area contributed by atoms with Gasteiger partial charge in [-0.3, -0.25) is 0 Å². The summed E-state index contributed by atoms with van der Waals surface area (Å²) in [5.41, 5.74) is 0. The topological polar surface area (TPSA) is 41.5 Å². The third-order valence-electron chi connectivity index (χ3n) is 1.37. The van der Waals surface area contributed by atoms with Gasteiger partial charge in [-0.1, -0.05) is 13.8 Å². The molecule has 0 saturated carbocycles. The summed E-state index contributed by atoms with van der Waals surface area (Å²) >= 11 is 0. The van der Waals surface area contributed by atoms with Crippen LogP contribution in [-0.4, -0.2) is 25.4 Å². The van der Waals surface area contributed by atoms with Crippen molar-refractivity contribution in [3.8, 4) is 0 Å². The van der Waals surface area contributed by atoms with E-state index in [1.165, 1.54) is 0 Å². The highest BCUT2D eigenvalue weighted by molar-refractivity contribution is 6.39. The average molecular weight is 159 g/mol. The molecule has 0 aliphatic rings. The molecule has 0 fully saturated rings.